The average Bonchev–Trinajstić information content (AvgIpc) is 2.75. The van der Waals surface area contributed by atoms with Gasteiger partial charge in [0.1, 0.15) is 29.6 Å². The molecule has 0 saturated carbocycles. The molecule has 1 heterocycles. The Labute approximate surface area is 170 Å². The minimum absolute atomic E-state index is 0.0926. The maximum atomic E-state index is 14.3. The number of hydrogen-bond acceptors (Lipinski definition) is 5. The SMILES string of the molecule is CNC(=O)c1cc(Oc2ccc(NC(=O)OCc3ccc(F)cc3)c(F)c2)ccn1. The number of amides is 2. The molecule has 2 aromatic carbocycles. The first-order valence-electron chi connectivity index (χ1n) is 8.78. The molecule has 0 spiro atoms. The van der Waals surface area contributed by atoms with Gasteiger partial charge in [-0.05, 0) is 35.9 Å². The summed E-state index contributed by atoms with van der Waals surface area (Å²) < 4.78 is 37.7. The lowest BCUT2D eigenvalue weighted by Crippen LogP contribution is -2.18. The monoisotopic (exact) mass is 413 g/mol. The Morgan fingerprint density at radius 3 is 2.43 bits per heavy atom. The van der Waals surface area contributed by atoms with Gasteiger partial charge in [0.2, 0.25) is 0 Å². The van der Waals surface area contributed by atoms with Crippen molar-refractivity contribution in [2.24, 2.45) is 0 Å². The van der Waals surface area contributed by atoms with Crippen LogP contribution in [0.1, 0.15) is 16.1 Å². The van der Waals surface area contributed by atoms with Gasteiger partial charge in [0.05, 0.1) is 5.69 Å². The third-order valence-corrected chi connectivity index (χ3v) is 3.89. The molecule has 0 aliphatic carbocycles. The quantitative estimate of drug-likeness (QED) is 0.630. The second-order valence-electron chi connectivity index (χ2n) is 6.03. The summed E-state index contributed by atoms with van der Waals surface area (Å²) in [6.45, 7) is -0.0926. The number of rotatable bonds is 6. The first-order valence-corrected chi connectivity index (χ1v) is 8.78. The Morgan fingerprint density at radius 1 is 1.00 bits per heavy atom. The number of nitrogens with one attached hydrogen (secondary N) is 2. The van der Waals surface area contributed by atoms with Crippen molar-refractivity contribution in [2.75, 3.05) is 12.4 Å². The smallest absolute Gasteiger partial charge is 0.412 e. The fourth-order valence-electron chi connectivity index (χ4n) is 2.40. The molecule has 0 unspecified atom stereocenters. The van der Waals surface area contributed by atoms with E-state index in [9.17, 15) is 18.4 Å². The van der Waals surface area contributed by atoms with Crippen molar-refractivity contribution in [3.8, 4) is 11.5 Å². The molecule has 9 heteroatoms. The molecule has 0 atom stereocenters. The van der Waals surface area contributed by atoms with Crippen molar-refractivity contribution in [3.63, 3.8) is 0 Å². The zero-order valence-corrected chi connectivity index (χ0v) is 15.8. The van der Waals surface area contributed by atoms with Crippen LogP contribution in [0.3, 0.4) is 0 Å². The number of pyridine rings is 1. The number of benzene rings is 2. The average molecular weight is 413 g/mol. The molecule has 30 heavy (non-hydrogen) atoms. The third kappa shape index (κ3) is 5.51. The first-order chi connectivity index (χ1) is 14.4. The summed E-state index contributed by atoms with van der Waals surface area (Å²) in [5, 5.41) is 4.73. The van der Waals surface area contributed by atoms with Crippen molar-refractivity contribution in [2.45, 2.75) is 6.61 Å². The van der Waals surface area contributed by atoms with Gasteiger partial charge >= 0.3 is 6.09 Å². The van der Waals surface area contributed by atoms with Gasteiger partial charge < -0.3 is 14.8 Å². The first kappa shape index (κ1) is 20.7. The number of hydrogen-bond donors (Lipinski definition) is 2. The Kier molecular flexibility index (Phi) is 6.53. The van der Waals surface area contributed by atoms with Gasteiger partial charge in [-0.1, -0.05) is 12.1 Å². The van der Waals surface area contributed by atoms with Crippen LogP contribution in [-0.4, -0.2) is 24.0 Å². The number of carbonyl (C=O) groups is 2. The van der Waals surface area contributed by atoms with Gasteiger partial charge in [-0.3, -0.25) is 15.1 Å². The molecule has 1 aromatic heterocycles. The molecule has 0 fully saturated rings. The topological polar surface area (TPSA) is 89.6 Å². The summed E-state index contributed by atoms with van der Waals surface area (Å²) >= 11 is 0. The van der Waals surface area contributed by atoms with Gasteiger partial charge in [0.25, 0.3) is 5.91 Å². The van der Waals surface area contributed by atoms with Crippen molar-refractivity contribution in [3.05, 3.63) is 83.7 Å². The van der Waals surface area contributed by atoms with E-state index in [1.165, 1.54) is 61.8 Å². The highest BCUT2D eigenvalue weighted by Gasteiger charge is 2.11. The largest absolute Gasteiger partial charge is 0.457 e. The molecule has 3 rings (SSSR count). The zero-order chi connectivity index (χ0) is 21.5. The number of aromatic nitrogens is 1. The van der Waals surface area contributed by atoms with E-state index in [1.807, 2.05) is 0 Å². The van der Waals surface area contributed by atoms with Crippen LogP contribution in [0.5, 0.6) is 11.5 Å². The standard InChI is InChI=1S/C21H17F2N3O4/c1-24-20(27)19-11-16(8-9-25-19)30-15-6-7-18(17(23)10-15)26-21(28)29-12-13-2-4-14(22)5-3-13/h2-11H,12H2,1H3,(H,24,27)(H,26,28). The van der Waals surface area contributed by atoms with Crippen molar-refractivity contribution in [1.82, 2.24) is 10.3 Å². The second kappa shape index (κ2) is 9.46. The van der Waals surface area contributed by atoms with Crippen LogP contribution >= 0.6 is 0 Å². The molecule has 0 radical (unpaired) electrons. The van der Waals surface area contributed by atoms with Crippen LogP contribution < -0.4 is 15.4 Å². The summed E-state index contributed by atoms with van der Waals surface area (Å²) in [7, 11) is 1.48. The highest BCUT2D eigenvalue weighted by Crippen LogP contribution is 2.26. The van der Waals surface area contributed by atoms with Crippen LogP contribution in [0.4, 0.5) is 19.3 Å². The second-order valence-corrected chi connectivity index (χ2v) is 6.03. The Hall–Kier alpha value is -4.01. The highest BCUT2D eigenvalue weighted by atomic mass is 19.1. The van der Waals surface area contributed by atoms with Crippen LogP contribution in [0.15, 0.2) is 60.8 Å². The van der Waals surface area contributed by atoms with E-state index < -0.39 is 17.7 Å². The maximum absolute atomic E-state index is 14.3. The maximum Gasteiger partial charge on any atom is 0.412 e. The molecule has 2 N–H and O–H groups in total. The van der Waals surface area contributed by atoms with Crippen molar-refractivity contribution >= 4 is 17.7 Å². The number of anilines is 1. The summed E-state index contributed by atoms with van der Waals surface area (Å²) in [4.78, 5) is 27.4. The van der Waals surface area contributed by atoms with E-state index in [2.05, 4.69) is 15.6 Å². The number of ether oxygens (including phenoxy) is 2. The summed E-state index contributed by atoms with van der Waals surface area (Å²) in [5.74, 6) is -1.07. The number of carbonyl (C=O) groups excluding carboxylic acids is 2. The number of nitrogens with zero attached hydrogens (tertiary/aromatic N) is 1. The molecular weight excluding hydrogens is 396 g/mol. The minimum atomic E-state index is -0.865. The van der Waals surface area contributed by atoms with E-state index in [-0.39, 0.29) is 29.6 Å². The molecule has 154 valence electrons. The summed E-state index contributed by atoms with van der Waals surface area (Å²) in [6, 6.07) is 12.2. The lowest BCUT2D eigenvalue weighted by atomic mass is 10.2. The fourth-order valence-corrected chi connectivity index (χ4v) is 2.40. The number of halogens is 2. The van der Waals surface area contributed by atoms with E-state index in [4.69, 9.17) is 9.47 Å². The summed E-state index contributed by atoms with van der Waals surface area (Å²) in [5.41, 5.74) is 0.633. The van der Waals surface area contributed by atoms with E-state index in [0.717, 1.165) is 6.07 Å². The molecule has 3 aromatic rings. The van der Waals surface area contributed by atoms with Crippen LogP contribution in [0.2, 0.25) is 0 Å². The normalized spacial score (nSPS) is 10.2. The molecule has 2 amide bonds. The van der Waals surface area contributed by atoms with Gasteiger partial charge in [-0.15, -0.1) is 0 Å². The highest BCUT2D eigenvalue weighted by molar-refractivity contribution is 5.92. The molecular formula is C21H17F2N3O4. The van der Waals surface area contributed by atoms with Crippen molar-refractivity contribution < 1.29 is 27.8 Å². The van der Waals surface area contributed by atoms with Gasteiger partial charge in [-0.25, -0.2) is 13.6 Å². The molecule has 7 nitrogen and oxygen atoms in total. The lowest BCUT2D eigenvalue weighted by Gasteiger charge is -2.10. The Morgan fingerprint density at radius 2 is 1.73 bits per heavy atom. The van der Waals surface area contributed by atoms with E-state index in [0.29, 0.717) is 11.3 Å². The van der Waals surface area contributed by atoms with Crippen LogP contribution in [0.25, 0.3) is 0 Å². The van der Waals surface area contributed by atoms with Crippen LogP contribution in [0, 0.1) is 11.6 Å². The lowest BCUT2D eigenvalue weighted by molar-refractivity contribution is 0.0957. The van der Waals surface area contributed by atoms with Gasteiger partial charge in [0.15, 0.2) is 5.82 Å². The molecule has 0 aliphatic heterocycles. The van der Waals surface area contributed by atoms with Crippen molar-refractivity contribution in [1.29, 1.82) is 0 Å². The van der Waals surface area contributed by atoms with Gasteiger partial charge in [-0.2, -0.15) is 0 Å². The minimum Gasteiger partial charge on any atom is -0.457 e. The van der Waals surface area contributed by atoms with E-state index >= 15 is 0 Å². The molecule has 0 bridgehead atoms. The summed E-state index contributed by atoms with van der Waals surface area (Å²) in [6.07, 6.45) is 0.528. The fraction of sp³-hybridized carbons (Fsp3) is 0.0952. The molecule has 0 aliphatic rings. The molecule has 0 saturated heterocycles. The predicted octanol–water partition coefficient (Wildman–Crippen LogP) is 4.26. The van der Waals surface area contributed by atoms with E-state index in [1.54, 1.807) is 0 Å². The van der Waals surface area contributed by atoms with Gasteiger partial charge in [0, 0.05) is 25.4 Å². The predicted molar refractivity (Wildman–Crippen MR) is 104 cm³/mol. The Bertz CT molecular complexity index is 1060. The zero-order valence-electron chi connectivity index (χ0n) is 15.8. The third-order valence-electron chi connectivity index (χ3n) is 3.89. The Balaban J connectivity index is 1.60. The van der Waals surface area contributed by atoms with Crippen LogP contribution in [-0.2, 0) is 11.3 Å².